The van der Waals surface area contributed by atoms with Crippen LogP contribution >= 0.6 is 0 Å². The fraction of sp³-hybridized carbons (Fsp3) is 0.600. The summed E-state index contributed by atoms with van der Waals surface area (Å²) in [5.74, 6) is 1.27. The zero-order valence-electron chi connectivity index (χ0n) is 17.1. The van der Waals surface area contributed by atoms with E-state index >= 15 is 0 Å². The van der Waals surface area contributed by atoms with Crippen molar-refractivity contribution >= 4 is 11.7 Å². The summed E-state index contributed by atoms with van der Waals surface area (Å²) in [7, 11) is 1.64. The molecule has 4 heterocycles. The summed E-state index contributed by atoms with van der Waals surface area (Å²) in [5, 5.41) is 11.5. The Kier molecular flexibility index (Phi) is 5.66. The first kappa shape index (κ1) is 19.6. The van der Waals surface area contributed by atoms with Gasteiger partial charge in [0.25, 0.3) is 11.5 Å². The zero-order chi connectivity index (χ0) is 20.4. The quantitative estimate of drug-likeness (QED) is 0.802. The lowest BCUT2D eigenvalue weighted by Gasteiger charge is -2.33. The lowest BCUT2D eigenvalue weighted by molar-refractivity contribution is 0.0922. The Labute approximate surface area is 169 Å². The number of likely N-dealkylation sites (tertiary alicyclic amines) is 1. The van der Waals surface area contributed by atoms with Crippen molar-refractivity contribution in [3.8, 4) is 0 Å². The van der Waals surface area contributed by atoms with Crippen molar-refractivity contribution in [2.24, 2.45) is 7.05 Å². The van der Waals surface area contributed by atoms with Crippen LogP contribution in [-0.4, -0.2) is 58.0 Å². The number of amides is 1. The van der Waals surface area contributed by atoms with E-state index in [-0.39, 0.29) is 17.5 Å². The van der Waals surface area contributed by atoms with Crippen LogP contribution in [-0.2, 0) is 13.6 Å². The van der Waals surface area contributed by atoms with Gasteiger partial charge >= 0.3 is 0 Å². The minimum atomic E-state index is -0.184. The van der Waals surface area contributed by atoms with Gasteiger partial charge in [-0.2, -0.15) is 5.10 Å². The summed E-state index contributed by atoms with van der Waals surface area (Å²) in [6.45, 7) is 6.17. The number of nitrogens with zero attached hydrogens (tertiary/aromatic N) is 5. The number of hydrogen-bond donors (Lipinski definition) is 1. The molecule has 0 bridgehead atoms. The van der Waals surface area contributed by atoms with Crippen LogP contribution in [0.2, 0.25) is 0 Å². The van der Waals surface area contributed by atoms with Gasteiger partial charge in [0.15, 0.2) is 5.69 Å². The lowest BCUT2D eigenvalue weighted by atomic mass is 10.0. The average Bonchev–Trinajstić information content (AvgIpc) is 3.35. The van der Waals surface area contributed by atoms with E-state index in [0.717, 1.165) is 43.9 Å². The lowest BCUT2D eigenvalue weighted by Crippen LogP contribution is -2.48. The minimum absolute atomic E-state index is 0.00748. The van der Waals surface area contributed by atoms with E-state index < -0.39 is 0 Å². The van der Waals surface area contributed by atoms with Crippen molar-refractivity contribution in [2.75, 3.05) is 31.1 Å². The molecule has 2 fully saturated rings. The van der Waals surface area contributed by atoms with Crippen molar-refractivity contribution < 1.29 is 9.32 Å². The second kappa shape index (κ2) is 8.36. The molecule has 0 aliphatic carbocycles. The van der Waals surface area contributed by atoms with Crippen LogP contribution in [0, 0.1) is 6.92 Å². The molecule has 0 spiro atoms. The Morgan fingerprint density at radius 3 is 2.79 bits per heavy atom. The number of hydrogen-bond acceptors (Lipinski definition) is 7. The van der Waals surface area contributed by atoms with Gasteiger partial charge < -0.3 is 14.7 Å². The molecule has 29 heavy (non-hydrogen) atoms. The van der Waals surface area contributed by atoms with Gasteiger partial charge in [0.2, 0.25) is 0 Å². The molecule has 2 aromatic heterocycles. The molecule has 0 saturated carbocycles. The molecule has 2 aliphatic heterocycles. The molecule has 1 amide bonds. The monoisotopic (exact) mass is 400 g/mol. The van der Waals surface area contributed by atoms with Gasteiger partial charge in [-0.25, -0.2) is 4.68 Å². The molecule has 2 saturated heterocycles. The van der Waals surface area contributed by atoms with E-state index in [1.54, 1.807) is 13.1 Å². The standard InChI is InChI=1S/C20H28N6O3/c1-14-16(13-25-9-3-4-10-25)19(23-29-14)20(28)21-15-6-5-11-26(12-15)17-7-8-18(27)24(2)22-17/h7-8,15H,3-6,9-13H2,1-2H3,(H,21,28). The maximum atomic E-state index is 12.9. The second-order valence-electron chi connectivity index (χ2n) is 7.96. The maximum absolute atomic E-state index is 12.9. The van der Waals surface area contributed by atoms with Gasteiger partial charge in [0.1, 0.15) is 11.6 Å². The highest BCUT2D eigenvalue weighted by Crippen LogP contribution is 2.21. The van der Waals surface area contributed by atoms with E-state index in [4.69, 9.17) is 4.52 Å². The number of carbonyl (C=O) groups is 1. The normalized spacial score (nSPS) is 20.2. The fourth-order valence-electron chi connectivity index (χ4n) is 4.14. The third kappa shape index (κ3) is 4.34. The van der Waals surface area contributed by atoms with Crippen LogP contribution in [0.1, 0.15) is 47.5 Å². The zero-order valence-corrected chi connectivity index (χ0v) is 17.1. The first-order valence-electron chi connectivity index (χ1n) is 10.3. The van der Waals surface area contributed by atoms with Gasteiger partial charge in [-0.15, -0.1) is 0 Å². The number of aryl methyl sites for hydroxylation is 2. The predicted molar refractivity (Wildman–Crippen MR) is 108 cm³/mol. The molecule has 156 valence electrons. The van der Waals surface area contributed by atoms with E-state index in [1.165, 1.54) is 23.6 Å². The Hall–Kier alpha value is -2.68. The van der Waals surface area contributed by atoms with Crippen LogP contribution in [0.3, 0.4) is 0 Å². The maximum Gasteiger partial charge on any atom is 0.274 e. The molecule has 1 atom stereocenters. The van der Waals surface area contributed by atoms with Crippen molar-refractivity contribution in [2.45, 2.75) is 45.2 Å². The van der Waals surface area contributed by atoms with Crippen molar-refractivity contribution in [1.29, 1.82) is 0 Å². The summed E-state index contributed by atoms with van der Waals surface area (Å²) in [6.07, 6.45) is 4.23. The number of aromatic nitrogens is 3. The summed E-state index contributed by atoms with van der Waals surface area (Å²) in [4.78, 5) is 29.0. The number of anilines is 1. The first-order valence-corrected chi connectivity index (χ1v) is 10.3. The molecule has 1 N–H and O–H groups in total. The number of piperidine rings is 1. The predicted octanol–water partition coefficient (Wildman–Crippen LogP) is 1.07. The van der Waals surface area contributed by atoms with Crippen molar-refractivity contribution in [3.63, 3.8) is 0 Å². The highest BCUT2D eigenvalue weighted by atomic mass is 16.5. The summed E-state index contributed by atoms with van der Waals surface area (Å²) >= 11 is 0. The molecule has 0 radical (unpaired) electrons. The van der Waals surface area contributed by atoms with Crippen molar-refractivity contribution in [1.82, 2.24) is 25.2 Å². The third-order valence-electron chi connectivity index (χ3n) is 5.81. The summed E-state index contributed by atoms with van der Waals surface area (Å²) < 4.78 is 6.67. The Bertz CT molecular complexity index is 931. The van der Waals surface area contributed by atoms with E-state index in [2.05, 4.69) is 25.4 Å². The number of carbonyl (C=O) groups excluding carboxylic acids is 1. The first-order chi connectivity index (χ1) is 14.0. The van der Waals surface area contributed by atoms with Gasteiger partial charge in [-0.3, -0.25) is 14.5 Å². The van der Waals surface area contributed by atoms with Crippen LogP contribution in [0.5, 0.6) is 0 Å². The van der Waals surface area contributed by atoms with Gasteiger partial charge in [-0.1, -0.05) is 5.16 Å². The van der Waals surface area contributed by atoms with E-state index in [9.17, 15) is 9.59 Å². The Morgan fingerprint density at radius 1 is 1.24 bits per heavy atom. The molecule has 1 unspecified atom stereocenters. The molecule has 0 aromatic carbocycles. The van der Waals surface area contributed by atoms with Crippen LogP contribution in [0.4, 0.5) is 5.82 Å². The molecule has 2 aliphatic rings. The molecule has 4 rings (SSSR count). The smallest absolute Gasteiger partial charge is 0.274 e. The highest BCUT2D eigenvalue weighted by Gasteiger charge is 2.27. The molecule has 9 heteroatoms. The van der Waals surface area contributed by atoms with Crippen LogP contribution in [0.25, 0.3) is 0 Å². The van der Waals surface area contributed by atoms with Gasteiger partial charge in [0, 0.05) is 44.4 Å². The summed E-state index contributed by atoms with van der Waals surface area (Å²) in [6, 6.07) is 3.25. The van der Waals surface area contributed by atoms with Crippen molar-refractivity contribution in [3.05, 3.63) is 39.5 Å². The SMILES string of the molecule is Cc1onc(C(=O)NC2CCCN(c3ccc(=O)n(C)n3)C2)c1CN1CCCC1. The summed E-state index contributed by atoms with van der Waals surface area (Å²) in [5.41, 5.74) is 1.14. The minimum Gasteiger partial charge on any atom is -0.361 e. The molecule has 2 aromatic rings. The Morgan fingerprint density at radius 2 is 2.03 bits per heavy atom. The van der Waals surface area contributed by atoms with E-state index in [1.807, 2.05) is 6.92 Å². The van der Waals surface area contributed by atoms with Gasteiger partial charge in [-0.05, 0) is 51.8 Å². The fourth-order valence-corrected chi connectivity index (χ4v) is 4.14. The topological polar surface area (TPSA) is 96.5 Å². The highest BCUT2D eigenvalue weighted by molar-refractivity contribution is 5.94. The molecular weight excluding hydrogens is 372 g/mol. The average molecular weight is 400 g/mol. The largest absolute Gasteiger partial charge is 0.361 e. The second-order valence-corrected chi connectivity index (χ2v) is 7.96. The number of rotatable bonds is 5. The van der Waals surface area contributed by atoms with Crippen LogP contribution < -0.4 is 15.8 Å². The molecule has 9 nitrogen and oxygen atoms in total. The third-order valence-corrected chi connectivity index (χ3v) is 5.81. The molecular formula is C20H28N6O3. The Balaban J connectivity index is 1.43. The van der Waals surface area contributed by atoms with E-state index in [0.29, 0.717) is 24.5 Å². The van der Waals surface area contributed by atoms with Gasteiger partial charge in [0.05, 0.1) is 0 Å². The van der Waals surface area contributed by atoms with Crippen LogP contribution in [0.15, 0.2) is 21.5 Å². The number of nitrogens with one attached hydrogen (secondary N) is 1.